The minimum absolute atomic E-state index is 0.156. The van der Waals surface area contributed by atoms with Gasteiger partial charge < -0.3 is 11.1 Å². The smallest absolute Gasteiger partial charge is 0.240 e. The maximum Gasteiger partial charge on any atom is 0.240 e. The molecular weight excluding hydrogens is 254 g/mol. The molecule has 0 fully saturated rings. The Kier molecular flexibility index (Phi) is 4.83. The molecule has 0 unspecified atom stereocenters. The van der Waals surface area contributed by atoms with E-state index in [1.54, 1.807) is 13.8 Å². The lowest BCUT2D eigenvalue weighted by Gasteiger charge is -2.09. The van der Waals surface area contributed by atoms with Gasteiger partial charge >= 0.3 is 0 Å². The number of hydrogen-bond acceptors (Lipinski definition) is 4. The third-order valence-corrected chi connectivity index (χ3v) is 3.74. The number of nitrogens with one attached hydrogen (secondary N) is 2. The van der Waals surface area contributed by atoms with Gasteiger partial charge in [-0.2, -0.15) is 0 Å². The summed E-state index contributed by atoms with van der Waals surface area (Å²) in [6.07, 6.45) is 0. The Labute approximate surface area is 107 Å². The molecule has 1 rings (SSSR count). The van der Waals surface area contributed by atoms with Gasteiger partial charge in [0, 0.05) is 12.2 Å². The molecule has 1 aromatic rings. The van der Waals surface area contributed by atoms with Crippen LogP contribution in [-0.2, 0) is 14.8 Å². The number of benzene rings is 1. The molecule has 0 aliphatic carbocycles. The molecule has 4 N–H and O–H groups in total. The molecule has 0 aromatic heterocycles. The molecule has 0 spiro atoms. The van der Waals surface area contributed by atoms with Crippen LogP contribution in [0.15, 0.2) is 29.2 Å². The Morgan fingerprint density at radius 1 is 1.33 bits per heavy atom. The summed E-state index contributed by atoms with van der Waals surface area (Å²) in [6, 6.07) is 5.27. The fraction of sp³-hybridized carbons (Fsp3) is 0.364. The molecule has 1 amide bonds. The highest BCUT2D eigenvalue weighted by Gasteiger charge is 2.13. The standard InChI is InChI=1S/C11H17N3O3S/c1-3-13-18(16,17)10-6-4-9(5-7-10)14-11(15)8(2)12/h4-8,13H,3,12H2,1-2H3,(H,14,15)/t8-/m1/s1. The highest BCUT2D eigenvalue weighted by atomic mass is 32.2. The van der Waals surface area contributed by atoms with Crippen molar-refractivity contribution < 1.29 is 13.2 Å². The minimum Gasteiger partial charge on any atom is -0.325 e. The number of sulfonamides is 1. The Balaban J connectivity index is 2.84. The average Bonchev–Trinajstić information content (AvgIpc) is 2.29. The van der Waals surface area contributed by atoms with Crippen molar-refractivity contribution in [2.24, 2.45) is 5.73 Å². The molecule has 0 saturated heterocycles. The summed E-state index contributed by atoms with van der Waals surface area (Å²) in [5.41, 5.74) is 5.91. The molecule has 18 heavy (non-hydrogen) atoms. The van der Waals surface area contributed by atoms with Crippen molar-refractivity contribution in [3.8, 4) is 0 Å². The number of anilines is 1. The van der Waals surface area contributed by atoms with Crippen LogP contribution >= 0.6 is 0 Å². The number of nitrogens with two attached hydrogens (primary N) is 1. The molecule has 0 saturated carbocycles. The Morgan fingerprint density at radius 3 is 2.33 bits per heavy atom. The first-order valence-corrected chi connectivity index (χ1v) is 7.01. The maximum atomic E-state index is 11.7. The lowest BCUT2D eigenvalue weighted by atomic mass is 10.3. The highest BCUT2D eigenvalue weighted by molar-refractivity contribution is 7.89. The summed E-state index contributed by atoms with van der Waals surface area (Å²) in [5, 5.41) is 2.57. The molecule has 0 aliphatic rings. The van der Waals surface area contributed by atoms with Crippen molar-refractivity contribution >= 4 is 21.6 Å². The van der Waals surface area contributed by atoms with Crippen LogP contribution in [-0.4, -0.2) is 26.9 Å². The third-order valence-electron chi connectivity index (χ3n) is 2.18. The van der Waals surface area contributed by atoms with E-state index in [1.807, 2.05) is 0 Å². The van der Waals surface area contributed by atoms with Gasteiger partial charge in [-0.05, 0) is 31.2 Å². The van der Waals surface area contributed by atoms with Crippen molar-refractivity contribution in [2.45, 2.75) is 24.8 Å². The van der Waals surface area contributed by atoms with Gasteiger partial charge in [0.25, 0.3) is 0 Å². The van der Waals surface area contributed by atoms with Gasteiger partial charge in [-0.3, -0.25) is 4.79 Å². The molecule has 0 heterocycles. The van der Waals surface area contributed by atoms with E-state index in [2.05, 4.69) is 10.0 Å². The Hall–Kier alpha value is -1.44. The molecule has 0 bridgehead atoms. The second-order valence-electron chi connectivity index (χ2n) is 3.80. The van der Waals surface area contributed by atoms with E-state index in [0.717, 1.165) is 0 Å². The van der Waals surface area contributed by atoms with Crippen LogP contribution in [0.3, 0.4) is 0 Å². The zero-order valence-corrected chi connectivity index (χ0v) is 11.1. The topological polar surface area (TPSA) is 101 Å². The monoisotopic (exact) mass is 271 g/mol. The second kappa shape index (κ2) is 5.94. The van der Waals surface area contributed by atoms with Crippen molar-refractivity contribution in [3.05, 3.63) is 24.3 Å². The lowest BCUT2D eigenvalue weighted by Crippen LogP contribution is -2.32. The van der Waals surface area contributed by atoms with E-state index in [0.29, 0.717) is 12.2 Å². The van der Waals surface area contributed by atoms with E-state index in [9.17, 15) is 13.2 Å². The summed E-state index contributed by atoms with van der Waals surface area (Å²) in [4.78, 5) is 11.5. The molecule has 0 radical (unpaired) electrons. The van der Waals surface area contributed by atoms with Gasteiger partial charge in [0.05, 0.1) is 10.9 Å². The third kappa shape index (κ3) is 3.80. The largest absolute Gasteiger partial charge is 0.325 e. The molecule has 1 atom stereocenters. The Morgan fingerprint density at radius 2 is 1.89 bits per heavy atom. The zero-order valence-electron chi connectivity index (χ0n) is 10.3. The van der Waals surface area contributed by atoms with Gasteiger partial charge in [0.15, 0.2) is 0 Å². The van der Waals surface area contributed by atoms with Crippen molar-refractivity contribution in [2.75, 3.05) is 11.9 Å². The van der Waals surface area contributed by atoms with Crippen LogP contribution in [0.1, 0.15) is 13.8 Å². The summed E-state index contributed by atoms with van der Waals surface area (Å²) < 4.78 is 25.7. The van der Waals surface area contributed by atoms with Crippen molar-refractivity contribution in [1.29, 1.82) is 0 Å². The van der Waals surface area contributed by atoms with Gasteiger partial charge in [-0.15, -0.1) is 0 Å². The highest BCUT2D eigenvalue weighted by Crippen LogP contribution is 2.13. The Bertz CT molecular complexity index is 509. The van der Waals surface area contributed by atoms with Crippen LogP contribution in [0.2, 0.25) is 0 Å². The van der Waals surface area contributed by atoms with Crippen LogP contribution in [0.4, 0.5) is 5.69 Å². The molecule has 100 valence electrons. The second-order valence-corrected chi connectivity index (χ2v) is 5.57. The van der Waals surface area contributed by atoms with Crippen LogP contribution in [0.5, 0.6) is 0 Å². The van der Waals surface area contributed by atoms with E-state index < -0.39 is 16.1 Å². The quantitative estimate of drug-likeness (QED) is 0.715. The van der Waals surface area contributed by atoms with Gasteiger partial charge in [0.2, 0.25) is 15.9 Å². The number of carbonyl (C=O) groups is 1. The molecule has 7 heteroatoms. The van der Waals surface area contributed by atoms with Crippen molar-refractivity contribution in [3.63, 3.8) is 0 Å². The molecule has 6 nitrogen and oxygen atoms in total. The number of amides is 1. The summed E-state index contributed by atoms with van der Waals surface area (Å²) in [7, 11) is -3.46. The van der Waals surface area contributed by atoms with E-state index >= 15 is 0 Å². The molecule has 1 aromatic carbocycles. The normalized spacial score (nSPS) is 13.1. The van der Waals surface area contributed by atoms with Crippen LogP contribution < -0.4 is 15.8 Å². The van der Waals surface area contributed by atoms with E-state index in [1.165, 1.54) is 24.3 Å². The maximum absolute atomic E-state index is 11.7. The number of carbonyl (C=O) groups excluding carboxylic acids is 1. The predicted octanol–water partition coefficient (Wildman–Crippen LogP) is 0.271. The SMILES string of the molecule is CCNS(=O)(=O)c1ccc(NC(=O)[C@@H](C)N)cc1. The van der Waals surface area contributed by atoms with E-state index in [-0.39, 0.29) is 10.8 Å². The predicted molar refractivity (Wildman–Crippen MR) is 69.6 cm³/mol. The first kappa shape index (κ1) is 14.6. The summed E-state index contributed by atoms with van der Waals surface area (Å²) in [6.45, 7) is 3.60. The van der Waals surface area contributed by atoms with Gasteiger partial charge in [0.1, 0.15) is 0 Å². The minimum atomic E-state index is -3.46. The zero-order chi connectivity index (χ0) is 13.8. The first-order valence-electron chi connectivity index (χ1n) is 5.53. The van der Waals surface area contributed by atoms with E-state index in [4.69, 9.17) is 5.73 Å². The summed E-state index contributed by atoms with van der Waals surface area (Å²) >= 11 is 0. The van der Waals surface area contributed by atoms with Gasteiger partial charge in [-0.25, -0.2) is 13.1 Å². The fourth-order valence-electron chi connectivity index (χ4n) is 1.25. The fourth-order valence-corrected chi connectivity index (χ4v) is 2.29. The van der Waals surface area contributed by atoms with Crippen LogP contribution in [0.25, 0.3) is 0 Å². The molecular formula is C11H17N3O3S. The average molecular weight is 271 g/mol. The van der Waals surface area contributed by atoms with Crippen LogP contribution in [0, 0.1) is 0 Å². The molecule has 0 aliphatic heterocycles. The summed E-state index contributed by atoms with van der Waals surface area (Å²) in [5.74, 6) is -0.322. The number of hydrogen-bond donors (Lipinski definition) is 3. The van der Waals surface area contributed by atoms with Gasteiger partial charge in [-0.1, -0.05) is 6.92 Å². The first-order chi connectivity index (χ1) is 8.36. The van der Waals surface area contributed by atoms with Crippen molar-refractivity contribution in [1.82, 2.24) is 4.72 Å². The number of rotatable bonds is 5. The lowest BCUT2D eigenvalue weighted by molar-refractivity contribution is -0.117.